The molecule has 0 aliphatic heterocycles. The Balaban J connectivity index is 2.31. The van der Waals surface area contributed by atoms with E-state index in [1.54, 1.807) is 28.8 Å². The van der Waals surface area contributed by atoms with Crippen LogP contribution in [0.25, 0.3) is 10.9 Å². The van der Waals surface area contributed by atoms with Gasteiger partial charge in [-0.3, -0.25) is 4.79 Å². The lowest BCUT2D eigenvalue weighted by molar-refractivity contribution is 0.143. The Labute approximate surface area is 188 Å². The lowest BCUT2D eigenvalue weighted by Gasteiger charge is -2.26. The lowest BCUT2D eigenvalue weighted by Crippen LogP contribution is -2.24. The summed E-state index contributed by atoms with van der Waals surface area (Å²) in [5.74, 6) is -0.711. The zero-order valence-electron chi connectivity index (χ0n) is 17.8. The molecule has 0 unspecified atom stereocenters. The first kappa shape index (κ1) is 23.6. The number of methoxy groups -OCH3 is 1. The Morgan fingerprint density at radius 1 is 1.25 bits per heavy atom. The molecular formula is C23H23ClFNO6. The first-order valence-corrected chi connectivity index (χ1v) is 10.3. The first-order chi connectivity index (χ1) is 15.2. The van der Waals surface area contributed by atoms with Crippen LogP contribution in [0.1, 0.15) is 31.0 Å². The van der Waals surface area contributed by atoms with E-state index >= 15 is 0 Å². The van der Waals surface area contributed by atoms with Crippen LogP contribution in [0.3, 0.4) is 0 Å². The molecule has 0 saturated carbocycles. The summed E-state index contributed by atoms with van der Waals surface area (Å²) in [6, 6.07) is 7.38. The number of halogens is 2. The Morgan fingerprint density at radius 2 is 1.97 bits per heavy atom. The van der Waals surface area contributed by atoms with E-state index in [0.29, 0.717) is 22.4 Å². The van der Waals surface area contributed by atoms with Crippen molar-refractivity contribution in [1.82, 2.24) is 4.57 Å². The minimum Gasteiger partial charge on any atom is -0.495 e. The first-order valence-electron chi connectivity index (χ1n) is 9.88. The van der Waals surface area contributed by atoms with E-state index in [9.17, 15) is 19.1 Å². The van der Waals surface area contributed by atoms with Gasteiger partial charge in [-0.25, -0.2) is 9.18 Å². The normalized spacial score (nSPS) is 12.2. The van der Waals surface area contributed by atoms with E-state index < -0.39 is 29.2 Å². The molecule has 0 saturated heterocycles. The van der Waals surface area contributed by atoms with Crippen LogP contribution in [0.15, 0.2) is 41.3 Å². The van der Waals surface area contributed by atoms with Gasteiger partial charge in [-0.15, -0.1) is 0 Å². The standard InChI is InChI=1S/C23H23ClFNO6/c1-12(2)17(11-27)26-10-19(32-23(29)30)22(28)15-8-13(9-18(31-3)21(15)26)7-14-5-4-6-16(24)20(14)25/h4-6,8-10,12,17,27H,7,11H2,1-3H3,(H,29,30)/t17-/m1/s1. The SMILES string of the molecule is COc1cc(Cc2cccc(Cl)c2F)cc2c(=O)c(OC(=O)O)cn([C@H](CO)C(C)C)c12. The van der Waals surface area contributed by atoms with E-state index in [0.717, 1.165) is 0 Å². The molecule has 0 bridgehead atoms. The monoisotopic (exact) mass is 463 g/mol. The molecule has 2 N–H and O–H groups in total. The van der Waals surface area contributed by atoms with Gasteiger partial charge in [0.1, 0.15) is 11.6 Å². The molecule has 0 spiro atoms. The number of fused-ring (bicyclic) bond motifs is 1. The molecule has 0 aliphatic carbocycles. The smallest absolute Gasteiger partial charge is 0.495 e. The molecule has 1 heterocycles. The van der Waals surface area contributed by atoms with Crippen molar-refractivity contribution in [2.24, 2.45) is 5.92 Å². The molecule has 0 radical (unpaired) electrons. The van der Waals surface area contributed by atoms with Crippen LogP contribution in [0, 0.1) is 11.7 Å². The summed E-state index contributed by atoms with van der Waals surface area (Å²) in [5, 5.41) is 19.1. The largest absolute Gasteiger partial charge is 0.511 e. The number of benzene rings is 2. The number of aromatic nitrogens is 1. The fourth-order valence-electron chi connectivity index (χ4n) is 3.70. The van der Waals surface area contributed by atoms with Gasteiger partial charge >= 0.3 is 6.16 Å². The van der Waals surface area contributed by atoms with Crippen LogP contribution in [-0.2, 0) is 6.42 Å². The van der Waals surface area contributed by atoms with Gasteiger partial charge in [-0.1, -0.05) is 37.6 Å². The molecule has 0 fully saturated rings. The molecule has 1 aromatic heterocycles. The van der Waals surface area contributed by atoms with Gasteiger partial charge in [0.2, 0.25) is 5.43 Å². The van der Waals surface area contributed by atoms with Gasteiger partial charge in [0, 0.05) is 6.42 Å². The molecule has 3 aromatic rings. The van der Waals surface area contributed by atoms with Gasteiger partial charge in [-0.2, -0.15) is 0 Å². The van der Waals surface area contributed by atoms with Crippen LogP contribution in [-0.4, -0.2) is 34.7 Å². The summed E-state index contributed by atoms with van der Waals surface area (Å²) in [7, 11) is 1.43. The fourth-order valence-corrected chi connectivity index (χ4v) is 3.89. The van der Waals surface area contributed by atoms with E-state index in [1.807, 2.05) is 13.8 Å². The number of ether oxygens (including phenoxy) is 2. The number of pyridine rings is 1. The highest BCUT2D eigenvalue weighted by Crippen LogP contribution is 2.33. The van der Waals surface area contributed by atoms with Crippen molar-refractivity contribution in [2.75, 3.05) is 13.7 Å². The zero-order valence-corrected chi connectivity index (χ0v) is 18.5. The van der Waals surface area contributed by atoms with E-state index in [4.69, 9.17) is 26.2 Å². The second-order valence-electron chi connectivity index (χ2n) is 7.68. The van der Waals surface area contributed by atoms with E-state index in [2.05, 4.69) is 0 Å². The second kappa shape index (κ2) is 9.58. The van der Waals surface area contributed by atoms with Gasteiger partial charge < -0.3 is 24.3 Å². The third kappa shape index (κ3) is 4.56. The summed E-state index contributed by atoms with van der Waals surface area (Å²) in [5.41, 5.74) is 0.591. The number of aliphatic hydroxyl groups excluding tert-OH is 1. The number of rotatable bonds is 7. The number of hydrogen-bond donors (Lipinski definition) is 2. The average molecular weight is 464 g/mol. The average Bonchev–Trinajstić information content (AvgIpc) is 2.73. The maximum Gasteiger partial charge on any atom is 0.511 e. The van der Waals surface area contributed by atoms with Gasteiger partial charge in [-0.05, 0) is 35.2 Å². The fraction of sp³-hybridized carbons (Fsp3) is 0.304. The van der Waals surface area contributed by atoms with Crippen molar-refractivity contribution < 1.29 is 28.9 Å². The number of aliphatic hydroxyl groups is 1. The number of carbonyl (C=O) groups is 1. The van der Waals surface area contributed by atoms with Crippen LogP contribution in [0.5, 0.6) is 11.5 Å². The minimum atomic E-state index is -1.64. The zero-order chi connectivity index (χ0) is 23.6. The summed E-state index contributed by atoms with van der Waals surface area (Å²) in [4.78, 5) is 24.2. The highest BCUT2D eigenvalue weighted by molar-refractivity contribution is 6.30. The van der Waals surface area contributed by atoms with Crippen LogP contribution < -0.4 is 14.9 Å². The van der Waals surface area contributed by atoms with Crippen LogP contribution >= 0.6 is 11.6 Å². The van der Waals surface area contributed by atoms with Crippen molar-refractivity contribution >= 4 is 28.7 Å². The summed E-state index contributed by atoms with van der Waals surface area (Å²) in [6.45, 7) is 3.50. The summed E-state index contributed by atoms with van der Waals surface area (Å²) < 4.78 is 26.3. The maximum absolute atomic E-state index is 14.4. The molecule has 0 amide bonds. The number of nitrogens with zero attached hydrogens (tertiary/aromatic N) is 1. The topological polar surface area (TPSA) is 98.0 Å². The van der Waals surface area contributed by atoms with E-state index in [-0.39, 0.29) is 29.4 Å². The van der Waals surface area contributed by atoms with Gasteiger partial charge in [0.25, 0.3) is 0 Å². The number of hydrogen-bond acceptors (Lipinski definition) is 5. The van der Waals surface area contributed by atoms with E-state index in [1.165, 1.54) is 19.4 Å². The van der Waals surface area contributed by atoms with Crippen molar-refractivity contribution in [3.63, 3.8) is 0 Å². The molecule has 2 aromatic carbocycles. The van der Waals surface area contributed by atoms with Crippen LogP contribution in [0.4, 0.5) is 9.18 Å². The van der Waals surface area contributed by atoms with Crippen LogP contribution in [0.2, 0.25) is 5.02 Å². The molecular weight excluding hydrogens is 441 g/mol. The third-order valence-corrected chi connectivity index (χ3v) is 5.57. The predicted octanol–water partition coefficient (Wildman–Crippen LogP) is 4.64. The highest BCUT2D eigenvalue weighted by atomic mass is 35.5. The molecule has 9 heteroatoms. The third-order valence-electron chi connectivity index (χ3n) is 5.27. The Kier molecular flexibility index (Phi) is 7.06. The minimum absolute atomic E-state index is 0.0162. The summed E-state index contributed by atoms with van der Waals surface area (Å²) >= 11 is 5.88. The van der Waals surface area contributed by atoms with Gasteiger partial charge in [0.15, 0.2) is 5.75 Å². The molecule has 32 heavy (non-hydrogen) atoms. The molecule has 7 nitrogen and oxygen atoms in total. The Bertz CT molecular complexity index is 1220. The van der Waals surface area contributed by atoms with Crippen molar-refractivity contribution in [2.45, 2.75) is 26.3 Å². The lowest BCUT2D eigenvalue weighted by atomic mass is 9.99. The van der Waals surface area contributed by atoms with Crippen molar-refractivity contribution in [3.8, 4) is 11.5 Å². The predicted molar refractivity (Wildman–Crippen MR) is 119 cm³/mol. The number of carboxylic acid groups (broad SMARTS) is 1. The molecule has 3 rings (SSSR count). The highest BCUT2D eigenvalue weighted by Gasteiger charge is 2.23. The quantitative estimate of drug-likeness (QED) is 0.495. The second-order valence-corrected chi connectivity index (χ2v) is 8.08. The van der Waals surface area contributed by atoms with Crippen molar-refractivity contribution in [3.05, 3.63) is 68.7 Å². The van der Waals surface area contributed by atoms with Gasteiger partial charge in [0.05, 0.1) is 41.9 Å². The Morgan fingerprint density at radius 3 is 2.56 bits per heavy atom. The Hall–Kier alpha value is -3.10. The molecule has 170 valence electrons. The maximum atomic E-state index is 14.4. The molecule has 1 atom stereocenters. The summed E-state index contributed by atoms with van der Waals surface area (Å²) in [6.07, 6.45) is -0.254. The van der Waals surface area contributed by atoms with Crippen molar-refractivity contribution in [1.29, 1.82) is 0 Å². The molecule has 0 aliphatic rings.